The van der Waals surface area contributed by atoms with Crippen molar-refractivity contribution in [2.75, 3.05) is 0 Å². The van der Waals surface area contributed by atoms with E-state index in [1.54, 1.807) is 0 Å². The van der Waals surface area contributed by atoms with Gasteiger partial charge in [-0.25, -0.2) is 0 Å². The Morgan fingerprint density at radius 1 is 1.38 bits per heavy atom. The summed E-state index contributed by atoms with van der Waals surface area (Å²) in [5, 5.41) is 9.11. The molecule has 0 aromatic heterocycles. The Balaban J connectivity index is 2.32. The number of carboxylic acids is 1. The highest BCUT2D eigenvalue weighted by Crippen LogP contribution is 2.57. The molecule has 0 spiro atoms. The minimum absolute atomic E-state index is 0.0976. The van der Waals surface area contributed by atoms with E-state index < -0.39 is 5.97 Å². The van der Waals surface area contributed by atoms with E-state index in [-0.39, 0.29) is 11.8 Å². The molecule has 0 bridgehead atoms. The van der Waals surface area contributed by atoms with Crippen molar-refractivity contribution in [3.63, 3.8) is 0 Å². The first-order valence-corrected chi connectivity index (χ1v) is 8.13. The average Bonchev–Trinajstić information content (AvgIpc) is 2.74. The monoisotopic (exact) mass is 288 g/mol. The van der Waals surface area contributed by atoms with Crippen LogP contribution in [0.25, 0.3) is 0 Å². The number of benzene rings is 1. The minimum atomic E-state index is -0.673. The summed E-state index contributed by atoms with van der Waals surface area (Å²) in [4.78, 5) is 11.1. The van der Waals surface area contributed by atoms with Crippen molar-refractivity contribution in [1.29, 1.82) is 0 Å². The summed E-state index contributed by atoms with van der Waals surface area (Å²) < 4.78 is 0. The van der Waals surface area contributed by atoms with Crippen LogP contribution in [-0.2, 0) is 4.79 Å². The number of hydrogen-bond donors (Lipinski definition) is 1. The van der Waals surface area contributed by atoms with Crippen LogP contribution in [-0.4, -0.2) is 11.1 Å². The first-order chi connectivity index (χ1) is 9.84. The van der Waals surface area contributed by atoms with E-state index in [4.69, 9.17) is 5.11 Å². The van der Waals surface area contributed by atoms with Crippen molar-refractivity contribution in [2.45, 2.75) is 59.3 Å². The Kier molecular flexibility index (Phi) is 4.75. The molecule has 116 valence electrons. The Morgan fingerprint density at radius 3 is 2.67 bits per heavy atom. The lowest BCUT2D eigenvalue weighted by Crippen LogP contribution is -2.31. The molecule has 1 aromatic carbocycles. The molecule has 1 N–H and O–H groups in total. The molecule has 1 aromatic rings. The van der Waals surface area contributed by atoms with Gasteiger partial charge in [-0.3, -0.25) is 4.79 Å². The number of aliphatic carboxylic acids is 1. The molecule has 2 nitrogen and oxygen atoms in total. The van der Waals surface area contributed by atoms with Crippen LogP contribution in [0.15, 0.2) is 24.3 Å². The lowest BCUT2D eigenvalue weighted by Gasteiger charge is -2.39. The van der Waals surface area contributed by atoms with Crippen LogP contribution >= 0.6 is 0 Å². The lowest BCUT2D eigenvalue weighted by atomic mass is 9.65. The molecule has 0 heterocycles. The lowest BCUT2D eigenvalue weighted by molar-refractivity contribution is -0.137. The summed E-state index contributed by atoms with van der Waals surface area (Å²) in [5.41, 5.74) is 2.78. The molecule has 2 rings (SSSR count). The fourth-order valence-electron chi connectivity index (χ4n) is 4.53. The van der Waals surface area contributed by atoms with Gasteiger partial charge in [0, 0.05) is 6.42 Å². The highest BCUT2D eigenvalue weighted by molar-refractivity contribution is 5.66. The second-order valence-corrected chi connectivity index (χ2v) is 7.29. The number of carbonyl (C=O) groups is 1. The second kappa shape index (κ2) is 6.21. The largest absolute Gasteiger partial charge is 0.481 e. The number of aryl methyl sites for hydroxylation is 1. The van der Waals surface area contributed by atoms with Gasteiger partial charge in [-0.2, -0.15) is 0 Å². The van der Waals surface area contributed by atoms with Crippen molar-refractivity contribution in [2.24, 2.45) is 17.3 Å². The van der Waals surface area contributed by atoms with Gasteiger partial charge in [0.25, 0.3) is 0 Å². The summed E-state index contributed by atoms with van der Waals surface area (Å²) in [6, 6.07) is 8.77. The molecule has 0 aliphatic heterocycles. The highest BCUT2D eigenvalue weighted by Gasteiger charge is 2.47. The van der Waals surface area contributed by atoms with Crippen molar-refractivity contribution in [3.8, 4) is 0 Å². The molecule has 21 heavy (non-hydrogen) atoms. The summed E-state index contributed by atoms with van der Waals surface area (Å²) >= 11 is 0. The maximum Gasteiger partial charge on any atom is 0.303 e. The maximum atomic E-state index is 11.1. The zero-order valence-electron chi connectivity index (χ0n) is 13.7. The van der Waals surface area contributed by atoms with Gasteiger partial charge in [0.2, 0.25) is 0 Å². The van der Waals surface area contributed by atoms with Gasteiger partial charge in [0.1, 0.15) is 0 Å². The third kappa shape index (κ3) is 3.30. The normalized spacial score (nSPS) is 29.0. The van der Waals surface area contributed by atoms with Crippen LogP contribution in [0.1, 0.15) is 63.5 Å². The van der Waals surface area contributed by atoms with Gasteiger partial charge in [0.15, 0.2) is 0 Å². The maximum absolute atomic E-state index is 11.1. The first-order valence-electron chi connectivity index (χ1n) is 8.13. The average molecular weight is 288 g/mol. The number of carboxylic acid groups (broad SMARTS) is 1. The zero-order chi connectivity index (χ0) is 15.6. The molecule has 1 fully saturated rings. The Hall–Kier alpha value is -1.31. The Bertz CT molecular complexity index is 506. The molecule has 0 unspecified atom stereocenters. The molecular weight excluding hydrogens is 260 g/mol. The molecule has 0 radical (unpaired) electrons. The van der Waals surface area contributed by atoms with Gasteiger partial charge < -0.3 is 5.11 Å². The van der Waals surface area contributed by atoms with Gasteiger partial charge >= 0.3 is 5.97 Å². The van der Waals surface area contributed by atoms with E-state index in [1.165, 1.54) is 24.0 Å². The standard InChI is InChI=1S/C19H28O2/c1-13(2)16-8-9-17(15-7-5-6-14(3)12-15)19(16,4)11-10-18(20)21/h5-7,12-13,16-17H,8-11H2,1-4H3,(H,20,21)/t16-,17-,19+/m1/s1. The third-order valence-corrected chi connectivity index (χ3v) is 5.54. The van der Waals surface area contributed by atoms with Crippen LogP contribution in [0.4, 0.5) is 0 Å². The van der Waals surface area contributed by atoms with E-state index in [0.29, 0.717) is 17.8 Å². The number of hydrogen-bond acceptors (Lipinski definition) is 1. The first kappa shape index (κ1) is 16.1. The molecule has 0 saturated heterocycles. The minimum Gasteiger partial charge on any atom is -0.481 e. The molecular formula is C19H28O2. The summed E-state index contributed by atoms with van der Waals surface area (Å²) in [5.74, 6) is 1.04. The fourth-order valence-corrected chi connectivity index (χ4v) is 4.53. The van der Waals surface area contributed by atoms with Crippen molar-refractivity contribution in [1.82, 2.24) is 0 Å². The quantitative estimate of drug-likeness (QED) is 0.826. The van der Waals surface area contributed by atoms with Gasteiger partial charge in [-0.05, 0) is 54.9 Å². The van der Waals surface area contributed by atoms with E-state index in [1.807, 2.05) is 0 Å². The van der Waals surface area contributed by atoms with Crippen molar-refractivity contribution < 1.29 is 9.90 Å². The second-order valence-electron chi connectivity index (χ2n) is 7.29. The van der Waals surface area contributed by atoms with Crippen molar-refractivity contribution in [3.05, 3.63) is 35.4 Å². The van der Waals surface area contributed by atoms with Crippen LogP contribution in [0.3, 0.4) is 0 Å². The number of rotatable bonds is 5. The van der Waals surface area contributed by atoms with Crippen LogP contribution in [0, 0.1) is 24.2 Å². The Morgan fingerprint density at radius 2 is 2.10 bits per heavy atom. The topological polar surface area (TPSA) is 37.3 Å². The van der Waals surface area contributed by atoms with E-state index in [2.05, 4.69) is 52.0 Å². The van der Waals surface area contributed by atoms with Crippen molar-refractivity contribution >= 4 is 5.97 Å². The summed E-state index contributed by atoms with van der Waals surface area (Å²) in [7, 11) is 0. The zero-order valence-corrected chi connectivity index (χ0v) is 13.7. The van der Waals surface area contributed by atoms with E-state index >= 15 is 0 Å². The highest BCUT2D eigenvalue weighted by atomic mass is 16.4. The smallest absolute Gasteiger partial charge is 0.303 e. The predicted molar refractivity (Wildman–Crippen MR) is 86.5 cm³/mol. The van der Waals surface area contributed by atoms with Crippen LogP contribution in [0.2, 0.25) is 0 Å². The molecule has 3 atom stereocenters. The van der Waals surface area contributed by atoms with Gasteiger partial charge in [0.05, 0.1) is 0 Å². The molecule has 2 heteroatoms. The van der Waals surface area contributed by atoms with E-state index in [0.717, 1.165) is 6.42 Å². The van der Waals surface area contributed by atoms with Gasteiger partial charge in [-0.15, -0.1) is 0 Å². The van der Waals surface area contributed by atoms with E-state index in [9.17, 15) is 4.79 Å². The molecule has 0 amide bonds. The van der Waals surface area contributed by atoms with Crippen LogP contribution < -0.4 is 0 Å². The predicted octanol–water partition coefficient (Wildman–Crippen LogP) is 5.02. The fraction of sp³-hybridized carbons (Fsp3) is 0.632. The van der Waals surface area contributed by atoms with Gasteiger partial charge in [-0.1, -0.05) is 50.6 Å². The molecule has 1 aliphatic carbocycles. The Labute approximate surface area is 128 Å². The van der Waals surface area contributed by atoms with Crippen LogP contribution in [0.5, 0.6) is 0 Å². The SMILES string of the molecule is Cc1cccc([C@H]2CC[C@H](C(C)C)[C@]2(C)CCC(=O)O)c1. The molecule has 1 saturated carbocycles. The summed E-state index contributed by atoms with van der Waals surface area (Å²) in [6.45, 7) is 9.01. The molecule has 1 aliphatic rings. The third-order valence-electron chi connectivity index (χ3n) is 5.54. The summed E-state index contributed by atoms with van der Waals surface area (Å²) in [6.07, 6.45) is 3.46.